The quantitative estimate of drug-likeness (QED) is 0.736. The lowest BCUT2D eigenvalue weighted by Gasteiger charge is -2.30. The Kier molecular flexibility index (Phi) is 6.23. The Balaban J connectivity index is 2.25. The van der Waals surface area contributed by atoms with Gasteiger partial charge in [0.1, 0.15) is 6.10 Å². The van der Waals surface area contributed by atoms with E-state index in [1.54, 1.807) is 7.11 Å². The summed E-state index contributed by atoms with van der Waals surface area (Å²) in [6, 6.07) is 0. The standard InChI is InChI=1S/C12H23NO3/c1-3-10-6-4-5-7-11(10)16-12(14)13-8-9-15-2/h10-11H,3-9H2,1-2H3,(H,13,14). The molecule has 1 rings (SSSR count). The Morgan fingerprint density at radius 1 is 1.38 bits per heavy atom. The van der Waals surface area contributed by atoms with Crippen LogP contribution in [0.1, 0.15) is 39.0 Å². The lowest BCUT2D eigenvalue weighted by Crippen LogP contribution is -2.35. The first kappa shape index (κ1) is 13.3. The van der Waals surface area contributed by atoms with Crippen LogP contribution in [0.15, 0.2) is 0 Å². The van der Waals surface area contributed by atoms with Gasteiger partial charge < -0.3 is 14.8 Å². The Morgan fingerprint density at radius 2 is 2.12 bits per heavy atom. The Labute approximate surface area is 97.7 Å². The molecule has 0 spiro atoms. The molecule has 1 amide bonds. The second kappa shape index (κ2) is 7.49. The first-order valence-electron chi connectivity index (χ1n) is 6.21. The van der Waals surface area contributed by atoms with E-state index in [1.807, 2.05) is 0 Å². The van der Waals surface area contributed by atoms with Gasteiger partial charge in [0.15, 0.2) is 0 Å². The van der Waals surface area contributed by atoms with Gasteiger partial charge in [-0.3, -0.25) is 0 Å². The Hall–Kier alpha value is -0.770. The van der Waals surface area contributed by atoms with E-state index in [-0.39, 0.29) is 12.2 Å². The van der Waals surface area contributed by atoms with E-state index >= 15 is 0 Å². The molecule has 4 nitrogen and oxygen atoms in total. The molecule has 0 heterocycles. The van der Waals surface area contributed by atoms with E-state index in [0.29, 0.717) is 19.1 Å². The number of carbonyl (C=O) groups excluding carboxylic acids is 1. The normalized spacial score (nSPS) is 25.1. The van der Waals surface area contributed by atoms with Crippen LogP contribution in [0.3, 0.4) is 0 Å². The number of rotatable bonds is 5. The van der Waals surface area contributed by atoms with Crippen LogP contribution in [0.4, 0.5) is 4.79 Å². The van der Waals surface area contributed by atoms with Gasteiger partial charge in [0, 0.05) is 13.7 Å². The summed E-state index contributed by atoms with van der Waals surface area (Å²) in [6.45, 7) is 3.20. The molecule has 1 aliphatic carbocycles. The van der Waals surface area contributed by atoms with Gasteiger partial charge in [-0.1, -0.05) is 13.3 Å². The van der Waals surface area contributed by atoms with Crippen molar-refractivity contribution in [2.75, 3.05) is 20.3 Å². The summed E-state index contributed by atoms with van der Waals surface area (Å²) in [7, 11) is 1.61. The van der Waals surface area contributed by atoms with Gasteiger partial charge in [-0.05, 0) is 31.6 Å². The summed E-state index contributed by atoms with van der Waals surface area (Å²) in [5.41, 5.74) is 0. The number of methoxy groups -OCH3 is 1. The molecule has 94 valence electrons. The fraction of sp³-hybridized carbons (Fsp3) is 0.917. The third kappa shape index (κ3) is 4.39. The molecule has 2 atom stereocenters. The van der Waals surface area contributed by atoms with Gasteiger partial charge in [-0.2, -0.15) is 0 Å². The molecule has 1 fully saturated rings. The van der Waals surface area contributed by atoms with E-state index in [4.69, 9.17) is 9.47 Å². The number of hydrogen-bond acceptors (Lipinski definition) is 3. The predicted molar refractivity (Wildman–Crippen MR) is 62.4 cm³/mol. The summed E-state index contributed by atoms with van der Waals surface area (Å²) in [5, 5.41) is 2.69. The lowest BCUT2D eigenvalue weighted by atomic mass is 9.85. The number of hydrogen-bond donors (Lipinski definition) is 1. The summed E-state index contributed by atoms with van der Waals surface area (Å²) >= 11 is 0. The average Bonchev–Trinajstić information content (AvgIpc) is 2.30. The highest BCUT2D eigenvalue weighted by atomic mass is 16.6. The Bertz CT molecular complexity index is 208. The fourth-order valence-corrected chi connectivity index (χ4v) is 2.23. The second-order valence-corrected chi connectivity index (χ2v) is 4.32. The third-order valence-corrected chi connectivity index (χ3v) is 3.20. The van der Waals surface area contributed by atoms with Crippen molar-refractivity contribution < 1.29 is 14.3 Å². The van der Waals surface area contributed by atoms with E-state index in [1.165, 1.54) is 19.3 Å². The van der Waals surface area contributed by atoms with Crippen molar-refractivity contribution in [3.05, 3.63) is 0 Å². The van der Waals surface area contributed by atoms with Crippen molar-refractivity contribution in [2.24, 2.45) is 5.92 Å². The number of alkyl carbamates (subject to hydrolysis) is 1. The molecular weight excluding hydrogens is 206 g/mol. The van der Waals surface area contributed by atoms with E-state index in [0.717, 1.165) is 12.8 Å². The van der Waals surface area contributed by atoms with Crippen molar-refractivity contribution in [3.63, 3.8) is 0 Å². The van der Waals surface area contributed by atoms with Crippen molar-refractivity contribution in [2.45, 2.75) is 45.1 Å². The van der Waals surface area contributed by atoms with Gasteiger partial charge in [0.25, 0.3) is 0 Å². The maximum absolute atomic E-state index is 11.5. The number of amides is 1. The van der Waals surface area contributed by atoms with E-state index in [2.05, 4.69) is 12.2 Å². The highest BCUT2D eigenvalue weighted by Crippen LogP contribution is 2.29. The third-order valence-electron chi connectivity index (χ3n) is 3.20. The maximum atomic E-state index is 11.5. The topological polar surface area (TPSA) is 47.6 Å². The highest BCUT2D eigenvalue weighted by molar-refractivity contribution is 5.67. The van der Waals surface area contributed by atoms with Crippen LogP contribution >= 0.6 is 0 Å². The van der Waals surface area contributed by atoms with Gasteiger partial charge in [0.2, 0.25) is 0 Å². The molecule has 1 saturated carbocycles. The van der Waals surface area contributed by atoms with Gasteiger partial charge in [0.05, 0.1) is 6.61 Å². The predicted octanol–water partition coefficient (Wildman–Crippen LogP) is 2.33. The zero-order chi connectivity index (χ0) is 11.8. The molecule has 0 aliphatic heterocycles. The number of nitrogens with one attached hydrogen (secondary N) is 1. The first-order valence-corrected chi connectivity index (χ1v) is 6.21. The van der Waals surface area contributed by atoms with Crippen molar-refractivity contribution in [1.82, 2.24) is 5.32 Å². The fourth-order valence-electron chi connectivity index (χ4n) is 2.23. The van der Waals surface area contributed by atoms with Crippen LogP contribution in [0.25, 0.3) is 0 Å². The van der Waals surface area contributed by atoms with Crippen molar-refractivity contribution in [3.8, 4) is 0 Å². The first-order chi connectivity index (χ1) is 7.77. The summed E-state index contributed by atoms with van der Waals surface area (Å²) in [5.74, 6) is 0.543. The largest absolute Gasteiger partial charge is 0.446 e. The SMILES string of the molecule is CCC1CCCCC1OC(=O)NCCOC. The lowest BCUT2D eigenvalue weighted by molar-refractivity contribution is 0.0349. The average molecular weight is 229 g/mol. The second-order valence-electron chi connectivity index (χ2n) is 4.32. The molecule has 1 N–H and O–H groups in total. The summed E-state index contributed by atoms with van der Waals surface area (Å²) < 4.78 is 10.3. The van der Waals surface area contributed by atoms with Gasteiger partial charge in [-0.15, -0.1) is 0 Å². The van der Waals surface area contributed by atoms with Crippen molar-refractivity contribution >= 4 is 6.09 Å². The van der Waals surface area contributed by atoms with E-state index < -0.39 is 0 Å². The minimum absolute atomic E-state index is 0.112. The molecule has 0 aromatic rings. The monoisotopic (exact) mass is 229 g/mol. The Morgan fingerprint density at radius 3 is 2.81 bits per heavy atom. The molecule has 1 aliphatic rings. The van der Waals surface area contributed by atoms with Gasteiger partial charge in [-0.25, -0.2) is 4.79 Å². The molecule has 0 saturated heterocycles. The number of carbonyl (C=O) groups is 1. The van der Waals surface area contributed by atoms with Crippen LogP contribution in [-0.2, 0) is 9.47 Å². The number of ether oxygens (including phenoxy) is 2. The molecule has 16 heavy (non-hydrogen) atoms. The molecule has 2 unspecified atom stereocenters. The van der Waals surface area contributed by atoms with Crippen LogP contribution in [0, 0.1) is 5.92 Å². The van der Waals surface area contributed by atoms with Gasteiger partial charge >= 0.3 is 6.09 Å². The molecule has 4 heteroatoms. The van der Waals surface area contributed by atoms with Crippen LogP contribution < -0.4 is 5.32 Å². The molecule has 0 bridgehead atoms. The maximum Gasteiger partial charge on any atom is 0.407 e. The highest BCUT2D eigenvalue weighted by Gasteiger charge is 2.26. The summed E-state index contributed by atoms with van der Waals surface area (Å²) in [4.78, 5) is 11.5. The van der Waals surface area contributed by atoms with Crippen LogP contribution in [0.5, 0.6) is 0 Å². The molecule has 0 radical (unpaired) electrons. The van der Waals surface area contributed by atoms with Crippen LogP contribution in [-0.4, -0.2) is 32.5 Å². The zero-order valence-electron chi connectivity index (χ0n) is 10.3. The minimum atomic E-state index is -0.303. The smallest absolute Gasteiger partial charge is 0.407 e. The van der Waals surface area contributed by atoms with Crippen LogP contribution in [0.2, 0.25) is 0 Å². The molecule has 0 aromatic carbocycles. The van der Waals surface area contributed by atoms with Crippen molar-refractivity contribution in [1.29, 1.82) is 0 Å². The van der Waals surface area contributed by atoms with E-state index in [9.17, 15) is 4.79 Å². The molecular formula is C12H23NO3. The molecule has 0 aromatic heterocycles. The zero-order valence-corrected chi connectivity index (χ0v) is 10.3. The minimum Gasteiger partial charge on any atom is -0.446 e. The summed E-state index contributed by atoms with van der Waals surface area (Å²) in [6.07, 6.45) is 5.54.